The number of nitrogens with zero attached hydrogens (tertiary/aromatic N) is 1. The number of ether oxygens (including phenoxy) is 1. The van der Waals surface area contributed by atoms with Gasteiger partial charge in [0, 0.05) is 29.9 Å². The Morgan fingerprint density at radius 2 is 1.96 bits per heavy atom. The van der Waals surface area contributed by atoms with Crippen LogP contribution in [0.4, 0.5) is 15.8 Å². The molecule has 1 aliphatic rings. The van der Waals surface area contributed by atoms with Crippen molar-refractivity contribution >= 4 is 23.2 Å². The Kier molecular flexibility index (Phi) is 4.46. The maximum absolute atomic E-state index is 13.7. The molecule has 1 N–H and O–H groups in total. The summed E-state index contributed by atoms with van der Waals surface area (Å²) in [6, 6.07) is 11.0. The van der Waals surface area contributed by atoms with Crippen LogP contribution < -0.4 is 15.0 Å². The molecule has 2 aromatic carbocycles. The molecular formula is C18H17FN2O3. The number of nitrogens with one attached hydrogen (secondary N) is 1. The fourth-order valence-corrected chi connectivity index (χ4v) is 2.66. The average molecular weight is 328 g/mol. The number of benzene rings is 2. The molecule has 0 atom stereocenters. The number of hydrogen-bond acceptors (Lipinski definition) is 3. The summed E-state index contributed by atoms with van der Waals surface area (Å²) >= 11 is 0. The van der Waals surface area contributed by atoms with Gasteiger partial charge in [-0.2, -0.15) is 0 Å². The predicted molar refractivity (Wildman–Crippen MR) is 88.9 cm³/mol. The molecule has 24 heavy (non-hydrogen) atoms. The normalized spacial score (nSPS) is 13.9. The van der Waals surface area contributed by atoms with E-state index in [4.69, 9.17) is 4.74 Å². The zero-order chi connectivity index (χ0) is 17.1. The van der Waals surface area contributed by atoms with Crippen LogP contribution in [0, 0.1) is 5.82 Å². The van der Waals surface area contributed by atoms with Gasteiger partial charge in [-0.05, 0) is 48.9 Å². The smallest absolute Gasteiger partial charge is 0.255 e. The van der Waals surface area contributed by atoms with Crippen LogP contribution in [-0.2, 0) is 4.79 Å². The summed E-state index contributed by atoms with van der Waals surface area (Å²) in [7, 11) is 1.37. The van der Waals surface area contributed by atoms with Gasteiger partial charge in [-0.15, -0.1) is 0 Å². The van der Waals surface area contributed by atoms with E-state index in [0.717, 1.165) is 24.7 Å². The molecule has 0 unspecified atom stereocenters. The molecule has 1 saturated heterocycles. The van der Waals surface area contributed by atoms with Crippen LogP contribution in [0.1, 0.15) is 23.2 Å². The molecule has 0 bridgehead atoms. The van der Waals surface area contributed by atoms with Crippen LogP contribution >= 0.6 is 0 Å². The number of hydrogen-bond donors (Lipinski definition) is 1. The number of methoxy groups -OCH3 is 1. The predicted octanol–water partition coefficient (Wildman–Crippen LogP) is 3.21. The molecule has 2 amide bonds. The number of carbonyl (C=O) groups excluding carboxylic acids is 2. The third-order valence-electron chi connectivity index (χ3n) is 3.92. The Hall–Kier alpha value is -2.89. The van der Waals surface area contributed by atoms with Gasteiger partial charge in [-0.3, -0.25) is 9.59 Å². The third-order valence-corrected chi connectivity index (χ3v) is 3.92. The highest BCUT2D eigenvalue weighted by molar-refractivity contribution is 6.04. The third kappa shape index (κ3) is 3.22. The molecule has 1 fully saturated rings. The standard InChI is InChI=1S/C18H17FN2O3/c1-24-16-9-4-12(11-15(16)19)18(23)20-13-5-7-14(8-6-13)21-10-2-3-17(21)22/h4-9,11H,2-3,10H2,1H3,(H,20,23). The van der Waals surface area contributed by atoms with Crippen molar-refractivity contribution in [3.63, 3.8) is 0 Å². The lowest BCUT2D eigenvalue weighted by Crippen LogP contribution is -2.23. The monoisotopic (exact) mass is 328 g/mol. The molecule has 5 nitrogen and oxygen atoms in total. The molecule has 124 valence electrons. The van der Waals surface area contributed by atoms with Crippen LogP contribution in [0.25, 0.3) is 0 Å². The van der Waals surface area contributed by atoms with Gasteiger partial charge in [0.1, 0.15) is 0 Å². The summed E-state index contributed by atoms with van der Waals surface area (Å²) in [6.07, 6.45) is 1.43. The summed E-state index contributed by atoms with van der Waals surface area (Å²) in [5, 5.41) is 2.70. The summed E-state index contributed by atoms with van der Waals surface area (Å²) in [6.45, 7) is 0.718. The van der Waals surface area contributed by atoms with Crippen molar-refractivity contribution in [2.75, 3.05) is 23.9 Å². The molecule has 0 spiro atoms. The molecule has 2 aromatic rings. The molecule has 1 heterocycles. The minimum absolute atomic E-state index is 0.0891. The van der Waals surface area contributed by atoms with E-state index >= 15 is 0 Å². The van der Waals surface area contributed by atoms with Crippen molar-refractivity contribution < 1.29 is 18.7 Å². The average Bonchev–Trinajstić information content (AvgIpc) is 3.01. The first-order valence-corrected chi connectivity index (χ1v) is 7.64. The molecule has 0 aromatic heterocycles. The number of anilines is 2. The highest BCUT2D eigenvalue weighted by Crippen LogP contribution is 2.24. The lowest BCUT2D eigenvalue weighted by atomic mass is 10.2. The van der Waals surface area contributed by atoms with Crippen LogP contribution in [0.15, 0.2) is 42.5 Å². The van der Waals surface area contributed by atoms with E-state index in [1.54, 1.807) is 29.2 Å². The minimum Gasteiger partial charge on any atom is -0.494 e. The number of rotatable bonds is 4. The quantitative estimate of drug-likeness (QED) is 0.937. The molecule has 0 saturated carbocycles. The second-order valence-electron chi connectivity index (χ2n) is 5.50. The Balaban J connectivity index is 1.70. The topological polar surface area (TPSA) is 58.6 Å². The van der Waals surface area contributed by atoms with Gasteiger partial charge >= 0.3 is 0 Å². The van der Waals surface area contributed by atoms with E-state index < -0.39 is 11.7 Å². The second-order valence-corrected chi connectivity index (χ2v) is 5.50. The minimum atomic E-state index is -0.590. The van der Waals surface area contributed by atoms with Crippen molar-refractivity contribution in [1.82, 2.24) is 0 Å². The van der Waals surface area contributed by atoms with Crippen LogP contribution in [0.5, 0.6) is 5.75 Å². The van der Waals surface area contributed by atoms with E-state index in [1.165, 1.54) is 19.2 Å². The highest BCUT2D eigenvalue weighted by atomic mass is 19.1. The fraction of sp³-hybridized carbons (Fsp3) is 0.222. The first-order chi connectivity index (χ1) is 11.6. The molecule has 3 rings (SSSR count). The molecule has 0 radical (unpaired) electrons. The van der Waals surface area contributed by atoms with Crippen molar-refractivity contribution in [1.29, 1.82) is 0 Å². The number of halogens is 1. The summed E-state index contributed by atoms with van der Waals surface area (Å²) in [5.74, 6) is -0.804. The van der Waals surface area contributed by atoms with Crippen molar-refractivity contribution in [2.24, 2.45) is 0 Å². The first kappa shape index (κ1) is 16.0. The first-order valence-electron chi connectivity index (χ1n) is 7.64. The highest BCUT2D eigenvalue weighted by Gasteiger charge is 2.21. The van der Waals surface area contributed by atoms with Gasteiger partial charge in [0.25, 0.3) is 5.91 Å². The molecule has 6 heteroatoms. The Labute approximate surface area is 139 Å². The van der Waals surface area contributed by atoms with Gasteiger partial charge in [-0.25, -0.2) is 4.39 Å². The van der Waals surface area contributed by atoms with E-state index in [2.05, 4.69) is 5.32 Å². The van der Waals surface area contributed by atoms with Crippen molar-refractivity contribution in [2.45, 2.75) is 12.8 Å². The SMILES string of the molecule is COc1ccc(C(=O)Nc2ccc(N3CCCC3=O)cc2)cc1F. The van der Waals surface area contributed by atoms with Gasteiger partial charge in [0.15, 0.2) is 11.6 Å². The van der Waals surface area contributed by atoms with Crippen LogP contribution in [-0.4, -0.2) is 25.5 Å². The molecular weight excluding hydrogens is 311 g/mol. The maximum Gasteiger partial charge on any atom is 0.255 e. The second kappa shape index (κ2) is 6.70. The zero-order valence-electron chi connectivity index (χ0n) is 13.2. The van der Waals surface area contributed by atoms with E-state index in [1.807, 2.05) is 0 Å². The largest absolute Gasteiger partial charge is 0.494 e. The number of carbonyl (C=O) groups is 2. The number of amides is 2. The van der Waals surface area contributed by atoms with E-state index in [-0.39, 0.29) is 17.2 Å². The van der Waals surface area contributed by atoms with Gasteiger partial charge in [-0.1, -0.05) is 0 Å². The zero-order valence-corrected chi connectivity index (χ0v) is 13.2. The van der Waals surface area contributed by atoms with Crippen molar-refractivity contribution in [3.8, 4) is 5.75 Å². The van der Waals surface area contributed by atoms with Gasteiger partial charge in [0.05, 0.1) is 7.11 Å². The Morgan fingerprint density at radius 1 is 1.21 bits per heavy atom. The Morgan fingerprint density at radius 3 is 2.54 bits per heavy atom. The summed E-state index contributed by atoms with van der Waals surface area (Å²) in [5.41, 5.74) is 1.59. The summed E-state index contributed by atoms with van der Waals surface area (Å²) < 4.78 is 18.5. The van der Waals surface area contributed by atoms with Gasteiger partial charge < -0.3 is 15.0 Å². The lowest BCUT2D eigenvalue weighted by molar-refractivity contribution is -0.117. The van der Waals surface area contributed by atoms with Crippen LogP contribution in [0.3, 0.4) is 0 Å². The van der Waals surface area contributed by atoms with E-state index in [9.17, 15) is 14.0 Å². The molecule has 0 aliphatic carbocycles. The molecule has 1 aliphatic heterocycles. The van der Waals surface area contributed by atoms with Crippen molar-refractivity contribution in [3.05, 3.63) is 53.8 Å². The Bertz CT molecular complexity index is 774. The maximum atomic E-state index is 13.7. The lowest BCUT2D eigenvalue weighted by Gasteiger charge is -2.16. The van der Waals surface area contributed by atoms with Crippen LogP contribution in [0.2, 0.25) is 0 Å². The fourth-order valence-electron chi connectivity index (χ4n) is 2.66. The van der Waals surface area contributed by atoms with E-state index in [0.29, 0.717) is 12.1 Å². The van der Waals surface area contributed by atoms with Gasteiger partial charge in [0.2, 0.25) is 5.91 Å². The summed E-state index contributed by atoms with van der Waals surface area (Å²) in [4.78, 5) is 25.6.